The molecule has 0 radical (unpaired) electrons. The molecule has 0 fully saturated rings. The molecular weight excluding hydrogens is 304 g/mol. The molecule has 3 N–H and O–H groups in total. The number of nitrogens with one attached hydrogen (secondary N) is 1. The molecule has 0 saturated carbocycles. The highest BCUT2D eigenvalue weighted by molar-refractivity contribution is 5.63. The summed E-state index contributed by atoms with van der Waals surface area (Å²) in [6.45, 7) is 4.90. The van der Waals surface area contributed by atoms with Crippen molar-refractivity contribution in [1.29, 1.82) is 0 Å². The molecule has 0 bridgehead atoms. The molecule has 5 heteroatoms. The molecule has 0 spiro atoms. The second kappa shape index (κ2) is 11.2. The Morgan fingerprint density at radius 3 is 2.08 bits per heavy atom. The van der Waals surface area contributed by atoms with Gasteiger partial charge in [0.05, 0.1) is 6.54 Å². The third-order valence-electron chi connectivity index (χ3n) is 3.46. The quantitative estimate of drug-likeness (QED) is 0.424. The van der Waals surface area contributed by atoms with Gasteiger partial charge in [-0.1, -0.05) is 66.2 Å². The first-order chi connectivity index (χ1) is 11.5. The number of hydrogen-bond donors (Lipinski definition) is 3. The maximum absolute atomic E-state index is 10.3. The van der Waals surface area contributed by atoms with Crippen LogP contribution in [0.4, 0.5) is 4.79 Å². The molecule has 0 aliphatic heterocycles. The summed E-state index contributed by atoms with van der Waals surface area (Å²) in [6, 6.07) is 20.5. The highest BCUT2D eigenvalue weighted by Gasteiger charge is 2.07. The number of amides is 1. The number of carboxylic acid groups (broad SMARTS) is 1. The van der Waals surface area contributed by atoms with Gasteiger partial charge in [0, 0.05) is 6.04 Å². The van der Waals surface area contributed by atoms with Crippen molar-refractivity contribution in [3.63, 3.8) is 0 Å². The van der Waals surface area contributed by atoms with Gasteiger partial charge in [-0.3, -0.25) is 5.21 Å². The first-order valence-corrected chi connectivity index (χ1v) is 8.00. The smallest absolute Gasteiger partial charge is 0.431 e. The molecule has 0 saturated heterocycles. The molecule has 5 nitrogen and oxygen atoms in total. The average molecular weight is 330 g/mol. The summed E-state index contributed by atoms with van der Waals surface area (Å²) in [7, 11) is 0. The highest BCUT2D eigenvalue weighted by Crippen LogP contribution is 2.10. The summed E-state index contributed by atoms with van der Waals surface area (Å²) in [6.07, 6.45) is -0.749. The van der Waals surface area contributed by atoms with Crippen molar-refractivity contribution in [2.75, 3.05) is 13.1 Å². The van der Waals surface area contributed by atoms with E-state index in [9.17, 15) is 4.79 Å². The van der Waals surface area contributed by atoms with Gasteiger partial charge in [0.25, 0.3) is 0 Å². The van der Waals surface area contributed by atoms with E-state index in [-0.39, 0.29) is 12.6 Å². The lowest BCUT2D eigenvalue weighted by molar-refractivity contribution is -0.0640. The van der Waals surface area contributed by atoms with Crippen LogP contribution < -0.4 is 5.32 Å². The van der Waals surface area contributed by atoms with E-state index in [1.807, 2.05) is 55.5 Å². The van der Waals surface area contributed by atoms with E-state index in [1.165, 1.54) is 11.1 Å². The Labute approximate surface area is 143 Å². The maximum atomic E-state index is 10.3. The molecule has 1 amide bonds. The Kier molecular flexibility index (Phi) is 9.19. The molecule has 0 aromatic heterocycles. The third-order valence-corrected chi connectivity index (χ3v) is 3.46. The van der Waals surface area contributed by atoms with Crippen molar-refractivity contribution >= 4 is 6.09 Å². The van der Waals surface area contributed by atoms with Crippen LogP contribution in [-0.4, -0.2) is 34.6 Å². The molecule has 24 heavy (non-hydrogen) atoms. The maximum Gasteiger partial charge on any atom is 0.431 e. The van der Waals surface area contributed by atoms with Gasteiger partial charge in [-0.05, 0) is 32.4 Å². The van der Waals surface area contributed by atoms with Crippen LogP contribution in [0, 0.1) is 6.92 Å². The molecule has 130 valence electrons. The summed E-state index contributed by atoms with van der Waals surface area (Å²) in [4.78, 5) is 10.3. The Hall–Kier alpha value is -2.37. The van der Waals surface area contributed by atoms with E-state index >= 15 is 0 Å². The molecule has 0 aliphatic rings. The summed E-state index contributed by atoms with van der Waals surface area (Å²) in [5.41, 5.74) is 2.51. The highest BCUT2D eigenvalue weighted by atomic mass is 16.6. The minimum absolute atomic E-state index is 0.115. The van der Waals surface area contributed by atoms with Crippen LogP contribution in [-0.2, 0) is 0 Å². The fraction of sp³-hybridized carbons (Fsp3) is 0.316. The summed E-state index contributed by atoms with van der Waals surface area (Å²) >= 11 is 0. The Morgan fingerprint density at radius 2 is 1.62 bits per heavy atom. The lowest BCUT2D eigenvalue weighted by Crippen LogP contribution is -2.29. The van der Waals surface area contributed by atoms with Crippen molar-refractivity contribution in [3.8, 4) is 0 Å². The zero-order valence-corrected chi connectivity index (χ0v) is 14.2. The van der Waals surface area contributed by atoms with Crippen molar-refractivity contribution in [2.45, 2.75) is 26.3 Å². The minimum Gasteiger partial charge on any atom is -0.463 e. The van der Waals surface area contributed by atoms with E-state index in [0.29, 0.717) is 18.0 Å². The molecule has 2 aromatic carbocycles. The van der Waals surface area contributed by atoms with Crippen LogP contribution in [0.15, 0.2) is 60.7 Å². The summed E-state index contributed by atoms with van der Waals surface area (Å²) < 4.78 is 0. The van der Waals surface area contributed by atoms with Crippen LogP contribution in [0.5, 0.6) is 0 Å². The molecule has 2 rings (SSSR count). The van der Waals surface area contributed by atoms with E-state index < -0.39 is 6.09 Å². The summed E-state index contributed by atoms with van der Waals surface area (Å²) in [5.74, 6) is 0. The zero-order chi connectivity index (χ0) is 17.8. The predicted molar refractivity (Wildman–Crippen MR) is 95.2 cm³/mol. The van der Waals surface area contributed by atoms with Crippen molar-refractivity contribution in [1.82, 2.24) is 10.4 Å². The van der Waals surface area contributed by atoms with E-state index in [4.69, 9.17) is 10.3 Å². The largest absolute Gasteiger partial charge is 0.463 e. The average Bonchev–Trinajstić information content (AvgIpc) is 2.60. The predicted octanol–water partition coefficient (Wildman–Crippen LogP) is 4.09. The van der Waals surface area contributed by atoms with Crippen molar-refractivity contribution < 1.29 is 15.1 Å². The SMILES string of the molecule is CC(NCCCN(O)C(=O)O)c1ccccc1.Cc1ccccc1. The Bertz CT molecular complexity index is 576. The lowest BCUT2D eigenvalue weighted by atomic mass is 10.1. The third kappa shape index (κ3) is 8.31. The van der Waals surface area contributed by atoms with Gasteiger partial charge in [-0.15, -0.1) is 0 Å². The molecule has 0 aliphatic carbocycles. The Morgan fingerprint density at radius 1 is 1.08 bits per heavy atom. The number of carbonyl (C=O) groups is 1. The molecule has 0 heterocycles. The minimum atomic E-state index is -1.32. The van der Waals surface area contributed by atoms with Gasteiger partial charge < -0.3 is 10.4 Å². The fourth-order valence-corrected chi connectivity index (χ4v) is 2.04. The Balaban J connectivity index is 0.000000341. The number of aryl methyl sites for hydroxylation is 1. The topological polar surface area (TPSA) is 72.8 Å². The van der Waals surface area contributed by atoms with Gasteiger partial charge in [0.1, 0.15) is 0 Å². The van der Waals surface area contributed by atoms with Crippen LogP contribution in [0.3, 0.4) is 0 Å². The first kappa shape index (κ1) is 19.7. The van der Waals surface area contributed by atoms with Gasteiger partial charge in [-0.2, -0.15) is 5.06 Å². The van der Waals surface area contributed by atoms with Crippen LogP contribution >= 0.6 is 0 Å². The van der Waals surface area contributed by atoms with E-state index in [0.717, 1.165) is 0 Å². The first-order valence-electron chi connectivity index (χ1n) is 8.00. The monoisotopic (exact) mass is 330 g/mol. The summed E-state index contributed by atoms with van der Waals surface area (Å²) in [5, 5.41) is 20.9. The second-order valence-corrected chi connectivity index (χ2v) is 5.50. The molecule has 1 atom stereocenters. The standard InChI is InChI=1S/C12H18N2O3.C7H8/c1-10(11-6-3-2-4-7-11)13-8-5-9-14(17)12(15)16;1-7-5-3-2-4-6-7/h2-4,6-7,10,13,17H,5,8-9H2,1H3,(H,15,16);2-6H,1H3. The number of nitrogens with zero attached hydrogens (tertiary/aromatic N) is 1. The van der Waals surface area contributed by atoms with Crippen LogP contribution in [0.25, 0.3) is 0 Å². The van der Waals surface area contributed by atoms with Gasteiger partial charge in [-0.25, -0.2) is 4.79 Å². The molecule has 1 unspecified atom stereocenters. The molecule has 2 aromatic rings. The molecular formula is C19H26N2O3. The van der Waals surface area contributed by atoms with Gasteiger partial charge in [0.2, 0.25) is 0 Å². The number of hydroxylamine groups is 2. The van der Waals surface area contributed by atoms with E-state index in [1.54, 1.807) is 0 Å². The number of hydrogen-bond acceptors (Lipinski definition) is 3. The van der Waals surface area contributed by atoms with E-state index in [2.05, 4.69) is 24.4 Å². The fourth-order valence-electron chi connectivity index (χ4n) is 2.04. The van der Waals surface area contributed by atoms with Gasteiger partial charge in [0.15, 0.2) is 0 Å². The number of rotatable bonds is 6. The lowest BCUT2D eigenvalue weighted by Gasteiger charge is -2.15. The van der Waals surface area contributed by atoms with Crippen LogP contribution in [0.2, 0.25) is 0 Å². The normalized spacial score (nSPS) is 11.1. The van der Waals surface area contributed by atoms with Crippen molar-refractivity contribution in [2.24, 2.45) is 0 Å². The number of benzene rings is 2. The van der Waals surface area contributed by atoms with Crippen LogP contribution in [0.1, 0.15) is 30.5 Å². The zero-order valence-electron chi connectivity index (χ0n) is 14.2. The second-order valence-electron chi connectivity index (χ2n) is 5.50. The van der Waals surface area contributed by atoms with Crippen molar-refractivity contribution in [3.05, 3.63) is 71.8 Å². The van der Waals surface area contributed by atoms with Gasteiger partial charge >= 0.3 is 6.09 Å².